The first-order valence-corrected chi connectivity index (χ1v) is 21.0. The quantitative estimate of drug-likeness (QED) is 0.0516. The zero-order chi connectivity index (χ0) is 49.5. The normalized spacial score (nSPS) is 13.0. The highest BCUT2D eigenvalue weighted by molar-refractivity contribution is 6.12. The smallest absolute Gasteiger partial charge is 0.415 e. The number of alkyl carbamates (subject to hydrolysis) is 1. The summed E-state index contributed by atoms with van der Waals surface area (Å²) in [5.74, 6) is -3.77. The molecule has 1 heterocycles. The molecule has 0 saturated carbocycles. The molecule has 0 radical (unpaired) electrons. The average molecular weight is 940 g/mol. The molecular weight excluding hydrogens is 883 g/mol. The number of para-hydroxylation sites is 1. The van der Waals surface area contributed by atoms with Gasteiger partial charge in [0.25, 0.3) is 17.7 Å². The molecule has 0 bridgehead atoms. The highest BCUT2D eigenvalue weighted by Crippen LogP contribution is 2.19. The SMILES string of the molecule is CC(CCC(=O)O)NC(=O)c1ccccc1OC(=O)N(C)CCN(C)C(=O)OCc1ccc(NC(=O)[C@H](CCCNC(N)=O)NC(=O)[C@H](C)NC(=O)OCCOCCN2C(=O)C=CC2=O)cc1. The molecule has 24 heteroatoms. The van der Waals surface area contributed by atoms with E-state index in [-0.39, 0.29) is 89.6 Å². The first-order valence-electron chi connectivity index (χ1n) is 21.0. The molecule has 2 aromatic rings. The Kier molecular flexibility index (Phi) is 22.0. The minimum Gasteiger partial charge on any atom is -0.481 e. The van der Waals surface area contributed by atoms with E-state index in [9.17, 15) is 47.9 Å². The van der Waals surface area contributed by atoms with Gasteiger partial charge in [0, 0.05) is 64.0 Å². The monoisotopic (exact) mass is 939 g/mol. The van der Waals surface area contributed by atoms with Gasteiger partial charge in [0.2, 0.25) is 11.8 Å². The molecule has 0 fully saturated rings. The number of nitrogens with one attached hydrogen (secondary N) is 5. The molecule has 8 N–H and O–H groups in total. The van der Waals surface area contributed by atoms with Gasteiger partial charge in [0.05, 0.1) is 25.3 Å². The van der Waals surface area contributed by atoms with Crippen molar-refractivity contribution in [1.82, 2.24) is 36.0 Å². The number of hydrogen-bond acceptors (Lipinski definition) is 14. The Balaban J connectivity index is 1.43. The second-order valence-electron chi connectivity index (χ2n) is 15.0. The van der Waals surface area contributed by atoms with Crippen molar-refractivity contribution >= 4 is 65.5 Å². The van der Waals surface area contributed by atoms with Crippen LogP contribution in [0.2, 0.25) is 0 Å². The third kappa shape index (κ3) is 19.5. The van der Waals surface area contributed by atoms with Crippen molar-refractivity contribution in [1.29, 1.82) is 0 Å². The van der Waals surface area contributed by atoms with Gasteiger partial charge in [0.1, 0.15) is 31.0 Å². The summed E-state index contributed by atoms with van der Waals surface area (Å²) in [6, 6.07) is 8.90. The van der Waals surface area contributed by atoms with E-state index in [2.05, 4.69) is 26.6 Å². The molecule has 67 heavy (non-hydrogen) atoms. The number of nitrogens with zero attached hydrogens (tertiary/aromatic N) is 3. The fourth-order valence-electron chi connectivity index (χ4n) is 5.75. The lowest BCUT2D eigenvalue weighted by Crippen LogP contribution is -2.51. The van der Waals surface area contributed by atoms with E-state index in [0.717, 1.165) is 17.1 Å². The van der Waals surface area contributed by atoms with E-state index in [4.69, 9.17) is 29.8 Å². The summed E-state index contributed by atoms with van der Waals surface area (Å²) in [6.45, 7) is 2.90. The number of anilines is 1. The van der Waals surface area contributed by atoms with Crippen LogP contribution in [0.1, 0.15) is 55.5 Å². The number of ether oxygens (including phenoxy) is 4. The standard InChI is InChI=1S/C43H57N9O15/c1-27(11-18-36(55)56)46-38(58)31-8-5-6-10-33(31)67-43(63)51(4)21-20-50(3)42(62)66-26-29-12-14-30(15-13-29)48-39(59)32(9-7-19-45-40(44)60)49-37(57)28(2)47-41(61)65-25-24-64-23-22-52-34(53)16-17-35(52)54/h5-6,8,10,12-17,27-28,32H,7,9,11,18-26H2,1-4H3,(H,46,58)(H,47,61)(H,48,59)(H,49,57)(H,55,56)(H3,44,45,60)/t27?,28-,32-/m0/s1. The van der Waals surface area contributed by atoms with Gasteiger partial charge in [-0.15, -0.1) is 0 Å². The fourth-order valence-corrected chi connectivity index (χ4v) is 5.75. The summed E-state index contributed by atoms with van der Waals surface area (Å²) in [5.41, 5.74) is 6.11. The van der Waals surface area contributed by atoms with Gasteiger partial charge in [0.15, 0.2) is 0 Å². The molecule has 0 spiro atoms. The van der Waals surface area contributed by atoms with Crippen molar-refractivity contribution in [3.63, 3.8) is 0 Å². The molecule has 0 saturated heterocycles. The molecule has 0 aromatic heterocycles. The summed E-state index contributed by atoms with van der Waals surface area (Å²) in [4.78, 5) is 126. The number of aliphatic carboxylic acids is 1. The number of hydrogen-bond donors (Lipinski definition) is 7. The summed E-state index contributed by atoms with van der Waals surface area (Å²) in [6.07, 6.45) is 0.262. The average Bonchev–Trinajstić information content (AvgIpc) is 3.61. The van der Waals surface area contributed by atoms with E-state index in [1.165, 1.54) is 43.0 Å². The number of carboxylic acids is 1. The number of benzene rings is 2. The van der Waals surface area contributed by atoms with E-state index in [0.29, 0.717) is 11.3 Å². The van der Waals surface area contributed by atoms with Crippen molar-refractivity contribution in [3.05, 3.63) is 71.8 Å². The lowest BCUT2D eigenvalue weighted by atomic mass is 10.1. The van der Waals surface area contributed by atoms with Gasteiger partial charge in [-0.05, 0) is 62.9 Å². The van der Waals surface area contributed by atoms with Crippen LogP contribution in [-0.2, 0) is 44.8 Å². The van der Waals surface area contributed by atoms with Gasteiger partial charge in [-0.2, -0.15) is 0 Å². The lowest BCUT2D eigenvalue weighted by Gasteiger charge is -2.22. The fraction of sp³-hybridized carbons (Fsp3) is 0.442. The minimum atomic E-state index is -1.14. The summed E-state index contributed by atoms with van der Waals surface area (Å²) in [7, 11) is 2.92. The Hall–Kier alpha value is -7.76. The number of urea groups is 1. The Morgan fingerprint density at radius 2 is 1.43 bits per heavy atom. The number of carbonyl (C=O) groups excluding carboxylic acids is 9. The van der Waals surface area contributed by atoms with Crippen molar-refractivity contribution in [2.45, 2.75) is 64.3 Å². The van der Waals surface area contributed by atoms with Crippen LogP contribution in [0.5, 0.6) is 5.75 Å². The van der Waals surface area contributed by atoms with Gasteiger partial charge < -0.3 is 66.2 Å². The molecule has 1 aliphatic heterocycles. The van der Waals surface area contributed by atoms with Crippen LogP contribution in [0.25, 0.3) is 0 Å². The van der Waals surface area contributed by atoms with Crippen LogP contribution in [0.15, 0.2) is 60.7 Å². The van der Waals surface area contributed by atoms with Crippen molar-refractivity contribution in [2.24, 2.45) is 5.73 Å². The third-order valence-corrected chi connectivity index (χ3v) is 9.63. The number of primary amides is 1. The lowest BCUT2D eigenvalue weighted by molar-refractivity contribution is -0.138. The Morgan fingerprint density at radius 3 is 2.09 bits per heavy atom. The topological polar surface area (TPSA) is 324 Å². The maximum absolute atomic E-state index is 13.4. The van der Waals surface area contributed by atoms with Gasteiger partial charge in [-0.3, -0.25) is 33.7 Å². The molecular formula is C43H57N9O15. The molecule has 10 amide bonds. The maximum Gasteiger partial charge on any atom is 0.415 e. The number of rotatable bonds is 26. The predicted octanol–water partition coefficient (Wildman–Crippen LogP) is 1.30. The number of imide groups is 1. The molecule has 364 valence electrons. The first kappa shape index (κ1) is 53.6. The summed E-state index contributed by atoms with van der Waals surface area (Å²) in [5, 5.41) is 21.6. The largest absolute Gasteiger partial charge is 0.481 e. The van der Waals surface area contributed by atoms with Crippen LogP contribution >= 0.6 is 0 Å². The zero-order valence-electron chi connectivity index (χ0n) is 37.6. The predicted molar refractivity (Wildman–Crippen MR) is 236 cm³/mol. The van der Waals surface area contributed by atoms with E-state index < -0.39 is 77.9 Å². The molecule has 1 unspecified atom stereocenters. The second-order valence-corrected chi connectivity index (χ2v) is 15.0. The van der Waals surface area contributed by atoms with E-state index >= 15 is 0 Å². The Bertz CT molecular complexity index is 2100. The maximum atomic E-state index is 13.4. The minimum absolute atomic E-state index is 0.00732. The van der Waals surface area contributed by atoms with E-state index in [1.807, 2.05) is 0 Å². The van der Waals surface area contributed by atoms with Crippen LogP contribution in [0, 0.1) is 0 Å². The van der Waals surface area contributed by atoms with Crippen molar-refractivity contribution in [3.8, 4) is 5.75 Å². The number of amides is 10. The summed E-state index contributed by atoms with van der Waals surface area (Å²) >= 11 is 0. The molecule has 3 atom stereocenters. The van der Waals surface area contributed by atoms with Gasteiger partial charge >= 0.3 is 30.3 Å². The third-order valence-electron chi connectivity index (χ3n) is 9.63. The van der Waals surface area contributed by atoms with Crippen LogP contribution in [0.4, 0.5) is 24.9 Å². The number of likely N-dealkylation sites (N-methyl/N-ethyl adjacent to an activating group) is 2. The van der Waals surface area contributed by atoms with Crippen LogP contribution in [-0.4, -0.2) is 158 Å². The van der Waals surface area contributed by atoms with Crippen LogP contribution < -0.4 is 37.1 Å². The first-order chi connectivity index (χ1) is 31.8. The van der Waals surface area contributed by atoms with Gasteiger partial charge in [-0.25, -0.2) is 19.2 Å². The van der Waals surface area contributed by atoms with Crippen molar-refractivity contribution < 1.29 is 72.0 Å². The number of nitrogens with two attached hydrogens (primary N) is 1. The van der Waals surface area contributed by atoms with Crippen molar-refractivity contribution in [2.75, 3.05) is 65.4 Å². The zero-order valence-corrected chi connectivity index (χ0v) is 37.6. The Morgan fingerprint density at radius 1 is 0.776 bits per heavy atom. The highest BCUT2D eigenvalue weighted by atomic mass is 16.6. The molecule has 3 rings (SSSR count). The van der Waals surface area contributed by atoms with E-state index in [1.54, 1.807) is 43.3 Å². The number of carbonyl (C=O) groups is 10. The molecule has 2 aromatic carbocycles. The summed E-state index contributed by atoms with van der Waals surface area (Å²) < 4.78 is 21.2. The molecule has 24 nitrogen and oxygen atoms in total. The molecule has 0 aliphatic carbocycles. The van der Waals surface area contributed by atoms with Crippen LogP contribution in [0.3, 0.4) is 0 Å². The Labute approximate surface area is 385 Å². The highest BCUT2D eigenvalue weighted by Gasteiger charge is 2.26. The second kappa shape index (κ2) is 27.5. The van der Waals surface area contributed by atoms with Gasteiger partial charge in [-0.1, -0.05) is 24.3 Å². The number of carboxylic acid groups (broad SMARTS) is 1. The molecule has 1 aliphatic rings.